The molecule has 2 aromatic heterocycles. The molecule has 0 radical (unpaired) electrons. The lowest BCUT2D eigenvalue weighted by Crippen LogP contribution is -2.21. The van der Waals surface area contributed by atoms with Crippen LogP contribution < -0.4 is 5.73 Å². The van der Waals surface area contributed by atoms with Crippen molar-refractivity contribution in [2.45, 2.75) is 32.1 Å². The van der Waals surface area contributed by atoms with Crippen molar-refractivity contribution < 1.29 is 22.7 Å². The highest BCUT2D eigenvalue weighted by atomic mass is 35.5. The molecule has 3 heterocycles. The smallest absolute Gasteiger partial charge is 0.356 e. The van der Waals surface area contributed by atoms with Crippen LogP contribution in [0.1, 0.15) is 25.0 Å². The molecule has 160 valence electrons. The van der Waals surface area contributed by atoms with Crippen molar-refractivity contribution in [1.82, 2.24) is 19.5 Å². The Morgan fingerprint density at radius 1 is 1.40 bits per heavy atom. The van der Waals surface area contributed by atoms with Crippen molar-refractivity contribution in [3.63, 3.8) is 0 Å². The number of hydrogen-bond donors (Lipinski definition) is 1. The van der Waals surface area contributed by atoms with Crippen LogP contribution in [0.25, 0.3) is 11.2 Å². The number of nitrogens with two attached hydrogens (primary N) is 1. The minimum absolute atomic E-state index is 0.205. The van der Waals surface area contributed by atoms with E-state index >= 15 is 0 Å². The predicted molar refractivity (Wildman–Crippen MR) is 109 cm³/mol. The summed E-state index contributed by atoms with van der Waals surface area (Å²) in [4.78, 5) is 12.3. The molecule has 0 aliphatic carbocycles. The molecule has 3 atom stereocenters. The van der Waals surface area contributed by atoms with Gasteiger partial charge < -0.3 is 19.6 Å². The lowest BCUT2D eigenvalue weighted by molar-refractivity contribution is 0.0339. The Bertz CT molecular complexity index is 1090. The Kier molecular flexibility index (Phi) is 6.04. The van der Waals surface area contributed by atoms with Gasteiger partial charge in [-0.1, -0.05) is 11.6 Å². The molecule has 12 heteroatoms. The van der Waals surface area contributed by atoms with E-state index in [1.165, 1.54) is 18.5 Å². The fraction of sp³-hybridized carbons (Fsp3) is 0.389. The van der Waals surface area contributed by atoms with Gasteiger partial charge in [0.1, 0.15) is 24.0 Å². The predicted octanol–water partition coefficient (Wildman–Crippen LogP) is 3.93. The number of benzene rings is 1. The Labute approximate surface area is 176 Å². The van der Waals surface area contributed by atoms with E-state index in [1.54, 1.807) is 17.0 Å². The lowest BCUT2D eigenvalue weighted by Gasteiger charge is -2.30. The van der Waals surface area contributed by atoms with E-state index in [9.17, 15) is 8.96 Å². The van der Waals surface area contributed by atoms with Gasteiger partial charge in [0.2, 0.25) is 0 Å². The molecule has 0 unspecified atom stereocenters. The van der Waals surface area contributed by atoms with E-state index < -0.39 is 19.5 Å². The Morgan fingerprint density at radius 3 is 3.03 bits per heavy atom. The molecule has 0 saturated carbocycles. The first-order valence-corrected chi connectivity index (χ1v) is 11.3. The highest BCUT2D eigenvalue weighted by molar-refractivity contribution is 7.53. The maximum atomic E-state index is 13.7. The van der Waals surface area contributed by atoms with Gasteiger partial charge in [-0.3, -0.25) is 9.09 Å². The molecule has 1 aromatic carbocycles. The fourth-order valence-corrected chi connectivity index (χ4v) is 5.07. The van der Waals surface area contributed by atoms with Crippen molar-refractivity contribution in [1.29, 1.82) is 0 Å². The van der Waals surface area contributed by atoms with E-state index in [0.29, 0.717) is 35.5 Å². The fourth-order valence-electron chi connectivity index (χ4n) is 3.21. The second-order valence-corrected chi connectivity index (χ2v) is 9.35. The first kappa shape index (κ1) is 21.1. The normalized spacial score (nSPS) is 23.0. The average molecular weight is 456 g/mol. The lowest BCUT2D eigenvalue weighted by atomic mass is 10.1. The largest absolute Gasteiger partial charge is 0.382 e. The van der Waals surface area contributed by atoms with E-state index in [1.807, 2.05) is 6.92 Å². The number of aromatic nitrogens is 4. The number of imidazole rings is 1. The van der Waals surface area contributed by atoms with Gasteiger partial charge in [-0.2, -0.15) is 0 Å². The summed E-state index contributed by atoms with van der Waals surface area (Å²) in [7, 11) is -3.52. The molecule has 0 spiro atoms. The molecular weight excluding hydrogens is 436 g/mol. The molecule has 9 nitrogen and oxygen atoms in total. The summed E-state index contributed by atoms with van der Waals surface area (Å²) in [6.45, 7) is 2.42. The van der Waals surface area contributed by atoms with Crippen LogP contribution in [-0.2, 0) is 24.9 Å². The second-order valence-electron chi connectivity index (χ2n) is 6.96. The molecule has 1 aliphatic heterocycles. The van der Waals surface area contributed by atoms with Crippen molar-refractivity contribution >= 4 is 36.2 Å². The van der Waals surface area contributed by atoms with Crippen molar-refractivity contribution in [3.05, 3.63) is 47.3 Å². The zero-order valence-electron chi connectivity index (χ0n) is 16.1. The monoisotopic (exact) mass is 455 g/mol. The Hall–Kier alpha value is -2.10. The highest BCUT2D eigenvalue weighted by Gasteiger charge is 2.35. The van der Waals surface area contributed by atoms with Gasteiger partial charge >= 0.3 is 7.60 Å². The summed E-state index contributed by atoms with van der Waals surface area (Å²) in [5, 5.41) is 0.247. The Balaban J connectivity index is 1.39. The second kappa shape index (κ2) is 8.56. The number of ether oxygens (including phenoxy) is 1. The van der Waals surface area contributed by atoms with Crippen molar-refractivity contribution in [2.75, 3.05) is 18.7 Å². The minimum Gasteiger partial charge on any atom is -0.382 e. The van der Waals surface area contributed by atoms with Gasteiger partial charge in [-0.05, 0) is 30.7 Å². The summed E-state index contributed by atoms with van der Waals surface area (Å²) in [5.74, 6) is -0.187. The van der Waals surface area contributed by atoms with Crippen molar-refractivity contribution in [3.8, 4) is 0 Å². The van der Waals surface area contributed by atoms with Crippen LogP contribution in [0.5, 0.6) is 0 Å². The molecule has 0 amide bonds. The van der Waals surface area contributed by atoms with Gasteiger partial charge in [-0.15, -0.1) is 0 Å². The van der Waals surface area contributed by atoms with Gasteiger partial charge in [0, 0.05) is 11.4 Å². The molecule has 4 rings (SSSR count). The maximum Gasteiger partial charge on any atom is 0.356 e. The molecule has 0 bridgehead atoms. The van der Waals surface area contributed by atoms with Crippen LogP contribution in [0.4, 0.5) is 10.2 Å². The van der Waals surface area contributed by atoms with Gasteiger partial charge in [-0.25, -0.2) is 19.3 Å². The first-order valence-electron chi connectivity index (χ1n) is 9.24. The molecule has 1 aliphatic rings. The number of anilines is 1. The topological polar surface area (TPSA) is 114 Å². The molecule has 2 N–H and O–H groups in total. The van der Waals surface area contributed by atoms with Gasteiger partial charge in [0.15, 0.2) is 11.5 Å². The van der Waals surface area contributed by atoms with Gasteiger partial charge in [0.25, 0.3) is 0 Å². The van der Waals surface area contributed by atoms with E-state index in [4.69, 9.17) is 31.1 Å². The van der Waals surface area contributed by atoms with Crippen LogP contribution in [0.2, 0.25) is 5.02 Å². The summed E-state index contributed by atoms with van der Waals surface area (Å²) in [6, 6.07) is 4.10. The molecule has 3 aromatic rings. The SMILES string of the molecule is C[C@H](Cn1cnc2c(N)ncnc21)OC[P@]1(=O)OCC[C@@H](c2cc(F)cc(Cl)c2)O1. The molecular formula is C18H20ClFN5O4P. The third kappa shape index (κ3) is 4.63. The quantitative estimate of drug-likeness (QED) is 0.556. The molecule has 1 saturated heterocycles. The number of nitrogen functional groups attached to an aromatic ring is 1. The van der Waals surface area contributed by atoms with Gasteiger partial charge in [0.05, 0.1) is 31.7 Å². The average Bonchev–Trinajstić information content (AvgIpc) is 3.10. The third-order valence-electron chi connectivity index (χ3n) is 4.61. The zero-order valence-corrected chi connectivity index (χ0v) is 17.7. The highest BCUT2D eigenvalue weighted by Crippen LogP contribution is 2.56. The molecule has 1 fully saturated rings. The van der Waals surface area contributed by atoms with Crippen LogP contribution in [-0.4, -0.2) is 38.6 Å². The number of halogens is 2. The standard InChI is InChI=1S/C18H20ClFN5O4P/c1-11(7-25-9-24-16-17(21)22-8-23-18(16)25)27-10-30(26)28-3-2-15(29-30)12-4-13(19)6-14(20)5-12/h4-6,8-9,11,15H,2-3,7,10H2,1H3,(H2,21,22,23)/t11-,15+,30+/m1/s1. The number of nitrogens with zero attached hydrogens (tertiary/aromatic N) is 4. The number of hydrogen-bond acceptors (Lipinski definition) is 8. The van der Waals surface area contributed by atoms with Crippen LogP contribution in [0, 0.1) is 5.82 Å². The summed E-state index contributed by atoms with van der Waals surface area (Å²) in [5.41, 5.74) is 7.40. The van der Waals surface area contributed by atoms with Crippen LogP contribution >= 0.6 is 19.2 Å². The van der Waals surface area contributed by atoms with Crippen molar-refractivity contribution in [2.24, 2.45) is 0 Å². The van der Waals surface area contributed by atoms with Crippen LogP contribution in [0.15, 0.2) is 30.9 Å². The summed E-state index contributed by atoms with van der Waals surface area (Å²) in [6.07, 6.45) is 2.21. The summed E-state index contributed by atoms with van der Waals surface area (Å²) < 4.78 is 45.2. The first-order chi connectivity index (χ1) is 14.3. The summed E-state index contributed by atoms with van der Waals surface area (Å²) >= 11 is 5.92. The third-order valence-corrected chi connectivity index (χ3v) is 6.45. The van der Waals surface area contributed by atoms with E-state index in [2.05, 4.69) is 15.0 Å². The number of rotatable bonds is 6. The maximum absolute atomic E-state index is 13.7. The zero-order chi connectivity index (χ0) is 21.3. The van der Waals surface area contributed by atoms with E-state index in [0.717, 1.165) is 0 Å². The Morgan fingerprint density at radius 2 is 2.23 bits per heavy atom. The van der Waals surface area contributed by atoms with Crippen LogP contribution in [0.3, 0.4) is 0 Å². The minimum atomic E-state index is -3.52. The number of fused-ring (bicyclic) bond motifs is 1. The molecule has 30 heavy (non-hydrogen) atoms. The van der Waals surface area contributed by atoms with E-state index in [-0.39, 0.29) is 24.1 Å².